The van der Waals surface area contributed by atoms with Crippen LogP contribution in [0.1, 0.15) is 30.6 Å². The van der Waals surface area contributed by atoms with E-state index in [4.69, 9.17) is 9.44 Å². The Labute approximate surface area is 92.3 Å². The van der Waals surface area contributed by atoms with Crippen molar-refractivity contribution in [3.63, 3.8) is 0 Å². The smallest absolute Gasteiger partial charge is 0.152 e. The summed E-state index contributed by atoms with van der Waals surface area (Å²) >= 11 is -1.29. The first kappa shape index (κ1) is 11.9. The molecular weight excluding hydrogens is 210 g/mol. The Hall–Kier alpha value is -1.18. The van der Waals surface area contributed by atoms with E-state index in [0.717, 1.165) is 12.0 Å². The maximum Gasteiger partial charge on any atom is 0.152 e. The minimum absolute atomic E-state index is 0.205. The van der Waals surface area contributed by atoms with Crippen LogP contribution in [0.4, 0.5) is 0 Å². The summed E-state index contributed by atoms with van der Waals surface area (Å²) in [6, 6.07) is 9.25. The molecule has 0 saturated carbocycles. The maximum absolute atomic E-state index is 11.0. The van der Waals surface area contributed by atoms with Gasteiger partial charge in [0.25, 0.3) is 0 Å². The summed E-state index contributed by atoms with van der Waals surface area (Å²) in [5.41, 5.74) is 1.49. The maximum atomic E-state index is 11.0. The molecule has 1 aromatic rings. The third-order valence-corrected chi connectivity index (χ3v) is 2.51. The molecule has 1 rings (SSSR count). The number of hydrogen-bond donors (Lipinski definition) is 0. The molecule has 80 valence electrons. The third-order valence-electron chi connectivity index (χ3n) is 2.01. The van der Waals surface area contributed by atoms with Crippen LogP contribution >= 0.6 is 0 Å². The fourth-order valence-electron chi connectivity index (χ4n) is 1.33. The third kappa shape index (κ3) is 3.46. The standard InChI is InChI=1S/C11H13NO2S/c1-3-11(14-15(2)13)10-6-4-5-9(7-10)8-12/h4-7,11H,3H2,1-2H3. The van der Waals surface area contributed by atoms with Crippen LogP contribution in [0.3, 0.4) is 0 Å². The molecule has 0 aliphatic rings. The van der Waals surface area contributed by atoms with Gasteiger partial charge in [-0.2, -0.15) is 5.26 Å². The second kappa shape index (κ2) is 5.64. The Bertz CT molecular complexity index is 398. The fraction of sp³-hybridized carbons (Fsp3) is 0.364. The lowest BCUT2D eigenvalue weighted by Gasteiger charge is -2.13. The molecule has 3 nitrogen and oxygen atoms in total. The molecule has 0 aliphatic heterocycles. The van der Waals surface area contributed by atoms with Gasteiger partial charge in [-0.1, -0.05) is 19.1 Å². The van der Waals surface area contributed by atoms with Crippen molar-refractivity contribution < 1.29 is 8.39 Å². The number of rotatable bonds is 4. The molecule has 0 bridgehead atoms. The first-order valence-electron chi connectivity index (χ1n) is 4.68. The van der Waals surface area contributed by atoms with Gasteiger partial charge in [-0.15, -0.1) is 0 Å². The average molecular weight is 223 g/mol. The molecular formula is C11H13NO2S. The molecule has 0 saturated heterocycles. The highest BCUT2D eigenvalue weighted by molar-refractivity contribution is 7.79. The molecule has 0 aliphatic carbocycles. The van der Waals surface area contributed by atoms with Crippen LogP contribution in [0.25, 0.3) is 0 Å². The van der Waals surface area contributed by atoms with E-state index in [0.29, 0.717) is 5.56 Å². The number of nitrogens with zero attached hydrogens (tertiary/aromatic N) is 1. The summed E-state index contributed by atoms with van der Waals surface area (Å²) in [5, 5.41) is 8.75. The molecule has 0 N–H and O–H groups in total. The van der Waals surface area contributed by atoms with E-state index in [1.807, 2.05) is 13.0 Å². The highest BCUT2D eigenvalue weighted by Crippen LogP contribution is 2.22. The zero-order valence-electron chi connectivity index (χ0n) is 8.77. The van der Waals surface area contributed by atoms with Crippen molar-refractivity contribution in [1.82, 2.24) is 0 Å². The van der Waals surface area contributed by atoms with Crippen LogP contribution in [-0.2, 0) is 15.3 Å². The van der Waals surface area contributed by atoms with Crippen LogP contribution in [0.2, 0.25) is 0 Å². The van der Waals surface area contributed by atoms with Gasteiger partial charge in [-0.25, -0.2) is 4.21 Å². The summed E-state index contributed by atoms with van der Waals surface area (Å²) in [7, 11) is 0. The van der Waals surface area contributed by atoms with E-state index in [2.05, 4.69) is 6.07 Å². The Kier molecular flexibility index (Phi) is 4.47. The highest BCUT2D eigenvalue weighted by Gasteiger charge is 2.11. The molecule has 2 atom stereocenters. The molecule has 0 aromatic heterocycles. The van der Waals surface area contributed by atoms with E-state index < -0.39 is 11.1 Å². The first-order chi connectivity index (χ1) is 7.17. The topological polar surface area (TPSA) is 50.1 Å². The zero-order chi connectivity index (χ0) is 11.3. The van der Waals surface area contributed by atoms with Crippen molar-refractivity contribution in [2.24, 2.45) is 0 Å². The molecule has 1 aromatic carbocycles. The van der Waals surface area contributed by atoms with Gasteiger partial charge in [-0.05, 0) is 24.1 Å². The number of benzene rings is 1. The minimum Gasteiger partial charge on any atom is -0.283 e. The van der Waals surface area contributed by atoms with Gasteiger partial charge in [0.15, 0.2) is 11.1 Å². The minimum atomic E-state index is -1.29. The SMILES string of the molecule is CCC(OS(C)=O)c1cccc(C#N)c1. The second-order valence-electron chi connectivity index (χ2n) is 3.13. The molecule has 0 amide bonds. The van der Waals surface area contributed by atoms with Crippen LogP contribution in [0, 0.1) is 11.3 Å². The van der Waals surface area contributed by atoms with E-state index in [1.165, 1.54) is 6.26 Å². The van der Waals surface area contributed by atoms with Crippen molar-refractivity contribution in [1.29, 1.82) is 5.26 Å². The molecule has 2 unspecified atom stereocenters. The highest BCUT2D eigenvalue weighted by atomic mass is 32.2. The Morgan fingerprint density at radius 2 is 2.33 bits per heavy atom. The lowest BCUT2D eigenvalue weighted by atomic mass is 10.1. The van der Waals surface area contributed by atoms with Gasteiger partial charge in [-0.3, -0.25) is 4.18 Å². The Morgan fingerprint density at radius 3 is 2.87 bits per heavy atom. The summed E-state index contributed by atoms with van der Waals surface area (Å²) in [6.07, 6.45) is 2.02. The number of hydrogen-bond acceptors (Lipinski definition) is 3. The number of nitriles is 1. The largest absolute Gasteiger partial charge is 0.283 e. The van der Waals surface area contributed by atoms with Crippen LogP contribution in [0.5, 0.6) is 0 Å². The lowest BCUT2D eigenvalue weighted by Crippen LogP contribution is -2.04. The predicted octanol–water partition coefficient (Wildman–Crippen LogP) is 2.32. The van der Waals surface area contributed by atoms with E-state index in [9.17, 15) is 4.21 Å². The van der Waals surface area contributed by atoms with Gasteiger partial charge < -0.3 is 0 Å². The summed E-state index contributed by atoms with van der Waals surface area (Å²) < 4.78 is 16.2. The molecule has 0 fully saturated rings. The van der Waals surface area contributed by atoms with Gasteiger partial charge >= 0.3 is 0 Å². The second-order valence-corrected chi connectivity index (χ2v) is 4.13. The van der Waals surface area contributed by atoms with Crippen LogP contribution in [-0.4, -0.2) is 10.5 Å². The first-order valence-corrected chi connectivity index (χ1v) is 6.16. The average Bonchev–Trinajstić information content (AvgIpc) is 2.25. The van der Waals surface area contributed by atoms with E-state index in [1.54, 1.807) is 18.2 Å². The van der Waals surface area contributed by atoms with Crippen molar-refractivity contribution in [3.05, 3.63) is 35.4 Å². The molecule has 0 radical (unpaired) electrons. The Morgan fingerprint density at radius 1 is 1.60 bits per heavy atom. The van der Waals surface area contributed by atoms with Crippen LogP contribution in [0.15, 0.2) is 24.3 Å². The molecule has 4 heteroatoms. The van der Waals surface area contributed by atoms with Gasteiger partial charge in [0, 0.05) is 6.26 Å². The van der Waals surface area contributed by atoms with Gasteiger partial charge in [0.1, 0.15) is 0 Å². The summed E-state index contributed by atoms with van der Waals surface area (Å²) in [5.74, 6) is 0. The lowest BCUT2D eigenvalue weighted by molar-refractivity contribution is 0.228. The van der Waals surface area contributed by atoms with Gasteiger partial charge in [0.05, 0.1) is 17.7 Å². The molecule has 0 heterocycles. The monoisotopic (exact) mass is 223 g/mol. The van der Waals surface area contributed by atoms with Crippen molar-refractivity contribution in [2.75, 3.05) is 6.26 Å². The summed E-state index contributed by atoms with van der Waals surface area (Å²) in [4.78, 5) is 0. The van der Waals surface area contributed by atoms with Crippen molar-refractivity contribution >= 4 is 11.1 Å². The van der Waals surface area contributed by atoms with Crippen molar-refractivity contribution in [2.45, 2.75) is 19.4 Å². The van der Waals surface area contributed by atoms with Crippen LogP contribution < -0.4 is 0 Å². The van der Waals surface area contributed by atoms with E-state index >= 15 is 0 Å². The molecule has 15 heavy (non-hydrogen) atoms. The molecule has 0 spiro atoms. The predicted molar refractivity (Wildman–Crippen MR) is 59.3 cm³/mol. The quantitative estimate of drug-likeness (QED) is 0.787. The zero-order valence-corrected chi connectivity index (χ0v) is 9.58. The fourth-order valence-corrected chi connectivity index (χ4v) is 1.91. The van der Waals surface area contributed by atoms with Gasteiger partial charge in [0.2, 0.25) is 0 Å². The van der Waals surface area contributed by atoms with Crippen molar-refractivity contribution in [3.8, 4) is 6.07 Å². The van der Waals surface area contributed by atoms with E-state index in [-0.39, 0.29) is 6.10 Å². The summed E-state index contributed by atoms with van der Waals surface area (Å²) in [6.45, 7) is 1.95. The Balaban J connectivity index is 2.92. The normalized spacial score (nSPS) is 14.2.